The number of hydrogen-bond donors (Lipinski definition) is 1. The minimum Gasteiger partial charge on any atom is -0.496 e. The lowest BCUT2D eigenvalue weighted by atomic mass is 9.98. The molecule has 1 heterocycles. The summed E-state index contributed by atoms with van der Waals surface area (Å²) in [5, 5.41) is 0. The van der Waals surface area contributed by atoms with Crippen molar-refractivity contribution in [2.24, 2.45) is 11.7 Å². The number of carbonyl (C=O) groups is 1. The monoisotopic (exact) mass is 376 g/mol. The summed E-state index contributed by atoms with van der Waals surface area (Å²) >= 11 is 3.28. The Bertz CT molecular complexity index is 640. The number of piperidine rings is 1. The van der Waals surface area contributed by atoms with Gasteiger partial charge < -0.3 is 10.5 Å². The zero-order chi connectivity index (χ0) is 15.6. The Morgan fingerprint density at radius 2 is 2.00 bits per heavy atom. The maximum atomic E-state index is 12.6. The van der Waals surface area contributed by atoms with Gasteiger partial charge in [0.1, 0.15) is 5.75 Å². The fraction of sp³-hybridized carbons (Fsp3) is 0.462. The van der Waals surface area contributed by atoms with Gasteiger partial charge in [-0.2, -0.15) is 4.31 Å². The number of halogens is 1. The second-order valence-corrected chi connectivity index (χ2v) is 7.67. The van der Waals surface area contributed by atoms with Gasteiger partial charge in [0.15, 0.2) is 0 Å². The summed E-state index contributed by atoms with van der Waals surface area (Å²) in [7, 11) is -2.05. The van der Waals surface area contributed by atoms with Crippen LogP contribution in [0.2, 0.25) is 0 Å². The number of rotatable bonds is 4. The average molecular weight is 377 g/mol. The van der Waals surface area contributed by atoms with E-state index in [1.165, 1.54) is 23.5 Å². The maximum absolute atomic E-state index is 12.6. The van der Waals surface area contributed by atoms with Crippen LogP contribution < -0.4 is 10.5 Å². The maximum Gasteiger partial charge on any atom is 0.243 e. The van der Waals surface area contributed by atoms with Gasteiger partial charge >= 0.3 is 0 Å². The molecule has 8 heteroatoms. The van der Waals surface area contributed by atoms with E-state index in [1.807, 2.05) is 0 Å². The van der Waals surface area contributed by atoms with Crippen molar-refractivity contribution in [1.29, 1.82) is 0 Å². The van der Waals surface area contributed by atoms with E-state index in [-0.39, 0.29) is 16.7 Å². The summed E-state index contributed by atoms with van der Waals surface area (Å²) in [6, 6.07) is 4.64. The number of benzene rings is 1. The molecule has 0 bridgehead atoms. The second kappa shape index (κ2) is 6.33. The molecular weight excluding hydrogens is 360 g/mol. The van der Waals surface area contributed by atoms with Crippen LogP contribution in [0.5, 0.6) is 5.75 Å². The summed E-state index contributed by atoms with van der Waals surface area (Å²) in [6.07, 6.45) is 0.928. The SMILES string of the molecule is COc1ccc(S(=O)(=O)N2CCC(C(N)=O)CC2)cc1Br. The molecule has 1 aromatic carbocycles. The summed E-state index contributed by atoms with van der Waals surface area (Å²) in [5.41, 5.74) is 5.26. The van der Waals surface area contributed by atoms with Gasteiger partial charge in [-0.05, 0) is 47.0 Å². The predicted molar refractivity (Wildman–Crippen MR) is 81.4 cm³/mol. The molecular formula is C13H17BrN2O4S. The highest BCUT2D eigenvalue weighted by atomic mass is 79.9. The normalized spacial score (nSPS) is 17.6. The molecule has 2 N–H and O–H groups in total. The number of nitrogens with zero attached hydrogens (tertiary/aromatic N) is 1. The van der Waals surface area contributed by atoms with Crippen molar-refractivity contribution >= 4 is 31.9 Å². The lowest BCUT2D eigenvalue weighted by Gasteiger charge is -2.29. The van der Waals surface area contributed by atoms with E-state index in [0.717, 1.165) is 0 Å². The third kappa shape index (κ3) is 3.38. The highest BCUT2D eigenvalue weighted by Gasteiger charge is 2.31. The molecule has 1 saturated heterocycles. The van der Waals surface area contributed by atoms with Crippen LogP contribution in [0.4, 0.5) is 0 Å². The van der Waals surface area contributed by atoms with Crippen LogP contribution in [0.15, 0.2) is 27.6 Å². The predicted octanol–water partition coefficient (Wildman–Crippen LogP) is 1.34. The first kappa shape index (κ1) is 16.3. The molecule has 0 unspecified atom stereocenters. The van der Waals surface area contributed by atoms with Gasteiger partial charge in [0, 0.05) is 19.0 Å². The third-order valence-electron chi connectivity index (χ3n) is 3.62. The van der Waals surface area contributed by atoms with Crippen molar-refractivity contribution in [1.82, 2.24) is 4.31 Å². The zero-order valence-corrected chi connectivity index (χ0v) is 14.0. The van der Waals surface area contributed by atoms with Gasteiger partial charge in [-0.25, -0.2) is 8.42 Å². The number of sulfonamides is 1. The topological polar surface area (TPSA) is 89.7 Å². The van der Waals surface area contributed by atoms with Crippen LogP contribution in [-0.2, 0) is 14.8 Å². The molecule has 0 atom stereocenters. The van der Waals surface area contributed by atoms with Crippen LogP contribution >= 0.6 is 15.9 Å². The standard InChI is InChI=1S/C13H17BrN2O4S/c1-20-12-3-2-10(8-11(12)14)21(18,19)16-6-4-9(5-7-16)13(15)17/h2-3,8-9H,4-7H2,1H3,(H2,15,17). The first-order valence-corrected chi connectivity index (χ1v) is 8.72. The van der Waals surface area contributed by atoms with E-state index < -0.39 is 10.0 Å². The molecule has 0 radical (unpaired) electrons. The highest BCUT2D eigenvalue weighted by Crippen LogP contribution is 2.30. The number of amides is 1. The molecule has 1 amide bonds. The first-order chi connectivity index (χ1) is 9.86. The summed E-state index contributed by atoms with van der Waals surface area (Å²) in [5.74, 6) is -0.0281. The van der Waals surface area contributed by atoms with E-state index >= 15 is 0 Å². The number of nitrogens with two attached hydrogens (primary N) is 1. The van der Waals surface area contributed by atoms with Crippen LogP contribution in [0, 0.1) is 5.92 Å². The quantitative estimate of drug-likeness (QED) is 0.858. The largest absolute Gasteiger partial charge is 0.496 e. The van der Waals surface area contributed by atoms with Crippen LogP contribution in [-0.4, -0.2) is 38.8 Å². The van der Waals surface area contributed by atoms with Gasteiger partial charge in [0.2, 0.25) is 15.9 Å². The van der Waals surface area contributed by atoms with Gasteiger partial charge in [-0.1, -0.05) is 0 Å². The second-order valence-electron chi connectivity index (χ2n) is 4.88. The van der Waals surface area contributed by atoms with Crippen LogP contribution in [0.1, 0.15) is 12.8 Å². The molecule has 1 aliphatic heterocycles. The van der Waals surface area contributed by atoms with Crippen molar-refractivity contribution in [2.45, 2.75) is 17.7 Å². The Labute approximate surface area is 132 Å². The fourth-order valence-electron chi connectivity index (χ4n) is 2.34. The Hall–Kier alpha value is -1.12. The van der Waals surface area contributed by atoms with Crippen LogP contribution in [0.25, 0.3) is 0 Å². The first-order valence-electron chi connectivity index (χ1n) is 6.49. The van der Waals surface area contributed by atoms with E-state index in [4.69, 9.17) is 10.5 Å². The van der Waals surface area contributed by atoms with Crippen molar-refractivity contribution in [3.63, 3.8) is 0 Å². The number of carbonyl (C=O) groups excluding carboxylic acids is 1. The van der Waals surface area contributed by atoms with Gasteiger partial charge in [-0.15, -0.1) is 0 Å². The minimum atomic E-state index is -3.56. The fourth-order valence-corrected chi connectivity index (χ4v) is 4.53. The molecule has 6 nitrogen and oxygen atoms in total. The molecule has 1 aromatic rings. The molecule has 116 valence electrons. The zero-order valence-electron chi connectivity index (χ0n) is 11.6. The molecule has 0 spiro atoms. The van der Waals surface area contributed by atoms with E-state index in [9.17, 15) is 13.2 Å². The van der Waals surface area contributed by atoms with Crippen molar-refractivity contribution in [3.8, 4) is 5.75 Å². The molecule has 0 saturated carbocycles. The summed E-state index contributed by atoms with van der Waals surface area (Å²) in [6.45, 7) is 0.610. The minimum absolute atomic E-state index is 0.202. The Balaban J connectivity index is 2.19. The van der Waals surface area contributed by atoms with Crippen molar-refractivity contribution in [2.75, 3.05) is 20.2 Å². The van der Waals surface area contributed by atoms with Crippen LogP contribution in [0.3, 0.4) is 0 Å². The third-order valence-corrected chi connectivity index (χ3v) is 6.13. The van der Waals surface area contributed by atoms with Crippen molar-refractivity contribution < 1.29 is 17.9 Å². The number of primary amides is 1. The van der Waals surface area contributed by atoms with E-state index in [1.54, 1.807) is 6.07 Å². The number of hydrogen-bond acceptors (Lipinski definition) is 4. The molecule has 2 rings (SSSR count). The van der Waals surface area contributed by atoms with Crippen molar-refractivity contribution in [3.05, 3.63) is 22.7 Å². The lowest BCUT2D eigenvalue weighted by Crippen LogP contribution is -2.41. The molecule has 0 aromatic heterocycles. The Morgan fingerprint density at radius 1 is 1.38 bits per heavy atom. The van der Waals surface area contributed by atoms with Gasteiger partial charge in [0.05, 0.1) is 16.5 Å². The average Bonchev–Trinajstić information content (AvgIpc) is 2.47. The van der Waals surface area contributed by atoms with E-state index in [2.05, 4.69) is 15.9 Å². The highest BCUT2D eigenvalue weighted by molar-refractivity contribution is 9.10. The molecule has 1 fully saturated rings. The lowest BCUT2D eigenvalue weighted by molar-refractivity contribution is -0.122. The van der Waals surface area contributed by atoms with Gasteiger partial charge in [0.25, 0.3) is 0 Å². The number of methoxy groups -OCH3 is 1. The Kier molecular flexibility index (Phi) is 4.90. The Morgan fingerprint density at radius 3 is 2.48 bits per heavy atom. The summed E-state index contributed by atoms with van der Waals surface area (Å²) < 4.78 is 32.2. The summed E-state index contributed by atoms with van der Waals surface area (Å²) in [4.78, 5) is 11.3. The molecule has 21 heavy (non-hydrogen) atoms. The number of ether oxygens (including phenoxy) is 1. The smallest absolute Gasteiger partial charge is 0.243 e. The molecule has 0 aliphatic carbocycles. The van der Waals surface area contributed by atoms with E-state index in [0.29, 0.717) is 36.2 Å². The van der Waals surface area contributed by atoms with Gasteiger partial charge in [-0.3, -0.25) is 4.79 Å². The molecule has 1 aliphatic rings.